The van der Waals surface area contributed by atoms with Crippen LogP contribution in [0, 0.1) is 5.92 Å². The summed E-state index contributed by atoms with van der Waals surface area (Å²) in [5, 5.41) is 6.70. The van der Waals surface area contributed by atoms with Crippen molar-refractivity contribution in [2.45, 2.75) is 33.4 Å². The summed E-state index contributed by atoms with van der Waals surface area (Å²) in [4.78, 5) is 4.25. The van der Waals surface area contributed by atoms with Crippen LogP contribution in [0.5, 0.6) is 5.75 Å². The fourth-order valence-electron chi connectivity index (χ4n) is 1.71. The smallest absolute Gasteiger partial charge is 0.191 e. The molecule has 0 aliphatic carbocycles. The Morgan fingerprint density at radius 1 is 1.14 bits per heavy atom. The lowest BCUT2D eigenvalue weighted by Gasteiger charge is -2.20. The molecule has 0 aliphatic rings. The third-order valence-electron chi connectivity index (χ3n) is 3.53. The van der Waals surface area contributed by atoms with E-state index < -0.39 is 0 Å². The van der Waals surface area contributed by atoms with Gasteiger partial charge in [0.05, 0.1) is 6.61 Å². The second kappa shape index (κ2) is 10.1. The molecular weight excluding hydrogens is 278 g/mol. The van der Waals surface area contributed by atoms with Crippen molar-refractivity contribution in [1.29, 1.82) is 0 Å². The molecule has 22 heavy (non-hydrogen) atoms. The van der Waals surface area contributed by atoms with Crippen LogP contribution in [0.1, 0.15) is 26.3 Å². The van der Waals surface area contributed by atoms with Crippen molar-refractivity contribution in [3.63, 3.8) is 0 Å². The van der Waals surface area contributed by atoms with Gasteiger partial charge in [0, 0.05) is 26.7 Å². The number of benzene rings is 1. The monoisotopic (exact) mass is 307 g/mol. The molecule has 0 fully saturated rings. The fourth-order valence-corrected chi connectivity index (χ4v) is 1.71. The van der Waals surface area contributed by atoms with Gasteiger partial charge in [-0.25, -0.2) is 0 Å². The van der Waals surface area contributed by atoms with Gasteiger partial charge >= 0.3 is 0 Å². The van der Waals surface area contributed by atoms with E-state index in [0.717, 1.165) is 18.3 Å². The summed E-state index contributed by atoms with van der Waals surface area (Å²) in [6.45, 7) is 8.42. The zero-order valence-corrected chi connectivity index (χ0v) is 14.3. The fraction of sp³-hybridized carbons (Fsp3) is 0.588. The van der Waals surface area contributed by atoms with E-state index in [1.165, 1.54) is 5.56 Å². The maximum atomic E-state index is 5.55. The number of ether oxygens (including phenoxy) is 2. The molecule has 1 rings (SSSR count). The van der Waals surface area contributed by atoms with Gasteiger partial charge in [-0.15, -0.1) is 0 Å². The Labute approximate surface area is 134 Å². The van der Waals surface area contributed by atoms with Gasteiger partial charge in [0.25, 0.3) is 0 Å². The number of hydrogen-bond acceptors (Lipinski definition) is 3. The summed E-state index contributed by atoms with van der Waals surface area (Å²) in [5.41, 5.74) is 1.18. The average Bonchev–Trinajstić information content (AvgIpc) is 2.52. The zero-order chi connectivity index (χ0) is 16.4. The normalized spacial score (nSPS) is 13.1. The van der Waals surface area contributed by atoms with E-state index in [0.29, 0.717) is 25.2 Å². The summed E-state index contributed by atoms with van der Waals surface area (Å²) in [6, 6.07) is 8.42. The summed E-state index contributed by atoms with van der Waals surface area (Å²) >= 11 is 0. The highest BCUT2D eigenvalue weighted by atomic mass is 16.5. The van der Waals surface area contributed by atoms with Crippen molar-refractivity contribution < 1.29 is 9.47 Å². The first kappa shape index (κ1) is 18.3. The lowest BCUT2D eigenvalue weighted by molar-refractivity contribution is 0.146. The van der Waals surface area contributed by atoms with Crippen LogP contribution >= 0.6 is 0 Å². The highest BCUT2D eigenvalue weighted by Crippen LogP contribution is 2.12. The van der Waals surface area contributed by atoms with Crippen LogP contribution in [0.15, 0.2) is 29.3 Å². The van der Waals surface area contributed by atoms with Gasteiger partial charge in [-0.2, -0.15) is 0 Å². The molecule has 2 N–H and O–H groups in total. The number of aliphatic imine (C=N–C) groups is 1. The van der Waals surface area contributed by atoms with Crippen LogP contribution in [0.2, 0.25) is 0 Å². The number of methoxy groups -OCH3 is 1. The minimum Gasteiger partial charge on any atom is -0.491 e. The maximum Gasteiger partial charge on any atom is 0.191 e. The van der Waals surface area contributed by atoms with Crippen LogP contribution in [0.3, 0.4) is 0 Å². The first-order valence-electron chi connectivity index (χ1n) is 7.74. The summed E-state index contributed by atoms with van der Waals surface area (Å²) < 4.78 is 10.5. The van der Waals surface area contributed by atoms with E-state index in [1.54, 1.807) is 14.2 Å². The summed E-state index contributed by atoms with van der Waals surface area (Å²) in [7, 11) is 3.45. The second-order valence-corrected chi connectivity index (χ2v) is 5.59. The minimum absolute atomic E-state index is 0.378. The second-order valence-electron chi connectivity index (χ2n) is 5.59. The SMILES string of the molecule is CN=C(NCc1ccc(OCCOC)cc1)NC(C)C(C)C. The van der Waals surface area contributed by atoms with Crippen molar-refractivity contribution in [2.75, 3.05) is 27.4 Å². The lowest BCUT2D eigenvalue weighted by atomic mass is 10.1. The Bertz CT molecular complexity index is 444. The van der Waals surface area contributed by atoms with Gasteiger partial charge in [-0.05, 0) is 30.5 Å². The molecule has 0 radical (unpaired) electrons. The van der Waals surface area contributed by atoms with Crippen molar-refractivity contribution in [3.05, 3.63) is 29.8 Å². The largest absolute Gasteiger partial charge is 0.491 e. The van der Waals surface area contributed by atoms with E-state index in [9.17, 15) is 0 Å². The number of hydrogen-bond donors (Lipinski definition) is 2. The first-order chi connectivity index (χ1) is 10.6. The van der Waals surface area contributed by atoms with Gasteiger partial charge in [0.1, 0.15) is 12.4 Å². The first-order valence-corrected chi connectivity index (χ1v) is 7.74. The van der Waals surface area contributed by atoms with E-state index in [1.807, 2.05) is 24.3 Å². The van der Waals surface area contributed by atoms with E-state index in [-0.39, 0.29) is 0 Å². The third kappa shape index (κ3) is 6.80. The molecule has 5 heteroatoms. The molecule has 0 saturated heterocycles. The highest BCUT2D eigenvalue weighted by Gasteiger charge is 2.08. The molecule has 1 unspecified atom stereocenters. The van der Waals surface area contributed by atoms with Crippen molar-refractivity contribution in [2.24, 2.45) is 10.9 Å². The van der Waals surface area contributed by atoms with Gasteiger partial charge in [-0.1, -0.05) is 26.0 Å². The molecular formula is C17H29N3O2. The number of nitrogens with one attached hydrogen (secondary N) is 2. The molecule has 5 nitrogen and oxygen atoms in total. The van der Waals surface area contributed by atoms with Crippen LogP contribution in [-0.4, -0.2) is 39.4 Å². The Balaban J connectivity index is 2.43. The number of nitrogens with zero attached hydrogens (tertiary/aromatic N) is 1. The van der Waals surface area contributed by atoms with Gasteiger partial charge in [0.2, 0.25) is 0 Å². The predicted octanol–water partition coefficient (Wildman–Crippen LogP) is 2.42. The quantitative estimate of drug-likeness (QED) is 0.440. The summed E-state index contributed by atoms with van der Waals surface area (Å²) in [5.74, 6) is 2.24. The molecule has 0 aromatic heterocycles. The van der Waals surface area contributed by atoms with Crippen LogP contribution in [0.4, 0.5) is 0 Å². The Morgan fingerprint density at radius 3 is 2.36 bits per heavy atom. The predicted molar refractivity (Wildman–Crippen MR) is 91.4 cm³/mol. The molecule has 124 valence electrons. The Morgan fingerprint density at radius 2 is 1.82 bits per heavy atom. The van der Waals surface area contributed by atoms with Crippen LogP contribution in [-0.2, 0) is 11.3 Å². The third-order valence-corrected chi connectivity index (χ3v) is 3.53. The van der Waals surface area contributed by atoms with Crippen LogP contribution in [0.25, 0.3) is 0 Å². The molecule has 0 bridgehead atoms. The molecule has 0 saturated carbocycles. The molecule has 0 amide bonds. The molecule has 0 spiro atoms. The average molecular weight is 307 g/mol. The highest BCUT2D eigenvalue weighted by molar-refractivity contribution is 5.79. The number of rotatable bonds is 8. The minimum atomic E-state index is 0.378. The molecule has 0 heterocycles. The molecule has 1 aromatic rings. The van der Waals surface area contributed by atoms with Gasteiger partial charge < -0.3 is 20.1 Å². The maximum absolute atomic E-state index is 5.55. The van der Waals surface area contributed by atoms with Crippen molar-refractivity contribution >= 4 is 5.96 Å². The summed E-state index contributed by atoms with van der Waals surface area (Å²) in [6.07, 6.45) is 0. The molecule has 1 aromatic carbocycles. The van der Waals surface area contributed by atoms with Crippen molar-refractivity contribution in [1.82, 2.24) is 10.6 Å². The topological polar surface area (TPSA) is 54.9 Å². The Kier molecular flexibility index (Phi) is 8.36. The van der Waals surface area contributed by atoms with E-state index in [2.05, 4.69) is 36.4 Å². The van der Waals surface area contributed by atoms with Crippen molar-refractivity contribution in [3.8, 4) is 5.75 Å². The lowest BCUT2D eigenvalue weighted by Crippen LogP contribution is -2.43. The van der Waals surface area contributed by atoms with Gasteiger partial charge in [0.15, 0.2) is 5.96 Å². The number of guanidine groups is 1. The Hall–Kier alpha value is -1.75. The zero-order valence-electron chi connectivity index (χ0n) is 14.3. The van der Waals surface area contributed by atoms with E-state index >= 15 is 0 Å². The van der Waals surface area contributed by atoms with E-state index in [4.69, 9.17) is 9.47 Å². The standard InChI is InChI=1S/C17H29N3O2/c1-13(2)14(3)20-17(18-4)19-12-15-6-8-16(9-7-15)22-11-10-21-5/h6-9,13-14H,10-12H2,1-5H3,(H2,18,19,20). The van der Waals surface area contributed by atoms with Crippen LogP contribution < -0.4 is 15.4 Å². The van der Waals surface area contributed by atoms with Gasteiger partial charge in [-0.3, -0.25) is 4.99 Å². The molecule has 1 atom stereocenters. The molecule has 0 aliphatic heterocycles.